The van der Waals surface area contributed by atoms with Gasteiger partial charge in [-0.3, -0.25) is 4.79 Å². The number of methoxy groups -OCH3 is 1. The Bertz CT molecular complexity index is 691. The van der Waals surface area contributed by atoms with Crippen LogP contribution in [0.25, 0.3) is 0 Å². The number of hydrogen-bond donors (Lipinski definition) is 2. The molecule has 0 bridgehead atoms. The van der Waals surface area contributed by atoms with Crippen molar-refractivity contribution in [1.29, 1.82) is 0 Å². The number of benzene rings is 1. The third kappa shape index (κ3) is 3.28. The lowest BCUT2D eigenvalue weighted by atomic mass is 9.88. The van der Waals surface area contributed by atoms with Gasteiger partial charge in [0.1, 0.15) is 17.6 Å². The fourth-order valence-corrected chi connectivity index (χ4v) is 2.90. The minimum atomic E-state index is -0.279. The fraction of sp³-hybridized carbons (Fsp3) is 0.444. The molecule has 1 fully saturated rings. The maximum atomic E-state index is 12.7. The van der Waals surface area contributed by atoms with Gasteiger partial charge < -0.3 is 19.9 Å². The highest BCUT2D eigenvalue weighted by Gasteiger charge is 2.31. The van der Waals surface area contributed by atoms with Crippen LogP contribution in [0, 0.1) is 11.8 Å². The van der Waals surface area contributed by atoms with E-state index in [1.165, 1.54) is 0 Å². The van der Waals surface area contributed by atoms with Gasteiger partial charge >= 0.3 is 0 Å². The Morgan fingerprint density at radius 3 is 2.58 bits per heavy atom. The first-order valence-corrected chi connectivity index (χ1v) is 8.22. The molecule has 6 nitrogen and oxygen atoms in total. The Morgan fingerprint density at radius 2 is 2.08 bits per heavy atom. The number of nitrogens with zero attached hydrogens (tertiary/aromatic N) is 2. The van der Waals surface area contributed by atoms with Crippen molar-refractivity contribution in [1.82, 2.24) is 20.2 Å². The molecule has 128 valence electrons. The van der Waals surface area contributed by atoms with E-state index in [0.717, 1.165) is 30.2 Å². The first kappa shape index (κ1) is 16.5. The van der Waals surface area contributed by atoms with E-state index in [1.807, 2.05) is 49.0 Å². The Balaban J connectivity index is 1.84. The summed E-state index contributed by atoms with van der Waals surface area (Å²) in [5.74, 6) is 2.05. The predicted molar refractivity (Wildman–Crippen MR) is 91.7 cm³/mol. The molecular weight excluding hydrogens is 304 g/mol. The van der Waals surface area contributed by atoms with Crippen molar-refractivity contribution in [3.63, 3.8) is 0 Å². The lowest BCUT2D eigenvalue weighted by molar-refractivity contribution is -0.127. The second kappa shape index (κ2) is 7.05. The number of carbonyl (C=O) groups excluding carboxylic acids is 1. The maximum absolute atomic E-state index is 12.7. The van der Waals surface area contributed by atoms with Gasteiger partial charge in [-0.1, -0.05) is 19.1 Å². The topological polar surface area (TPSA) is 68.2 Å². The van der Waals surface area contributed by atoms with Crippen molar-refractivity contribution < 1.29 is 9.53 Å². The Morgan fingerprint density at radius 1 is 1.38 bits per heavy atom. The molecule has 2 unspecified atom stereocenters. The summed E-state index contributed by atoms with van der Waals surface area (Å²) in [7, 11) is 3.58. The zero-order valence-electron chi connectivity index (χ0n) is 14.3. The molecule has 2 aromatic rings. The molecule has 1 aromatic heterocycles. The largest absolute Gasteiger partial charge is 0.497 e. The van der Waals surface area contributed by atoms with Gasteiger partial charge in [0.2, 0.25) is 5.91 Å². The lowest BCUT2D eigenvalue weighted by Gasteiger charge is -2.32. The van der Waals surface area contributed by atoms with Crippen LogP contribution >= 0.6 is 0 Å². The quantitative estimate of drug-likeness (QED) is 0.843. The van der Waals surface area contributed by atoms with Gasteiger partial charge in [0.05, 0.1) is 7.11 Å². The van der Waals surface area contributed by atoms with Crippen molar-refractivity contribution in [2.24, 2.45) is 18.9 Å². The fourth-order valence-electron chi connectivity index (χ4n) is 2.90. The number of ether oxygens (including phenoxy) is 1. The standard InChI is InChI=1S/C18H24N4O2/c1-12(14-10-19-11-14)18(23)21-16(17-20-8-9-22(17)2)13-4-6-15(24-3)7-5-13/h4-9,12,14,16,19H,10-11H2,1-3H3,(H,21,23). The van der Waals surface area contributed by atoms with Gasteiger partial charge in [-0.15, -0.1) is 0 Å². The summed E-state index contributed by atoms with van der Waals surface area (Å²) in [6.07, 6.45) is 3.63. The molecule has 1 aliphatic heterocycles. The molecule has 2 N–H and O–H groups in total. The van der Waals surface area contributed by atoms with E-state index in [-0.39, 0.29) is 17.9 Å². The minimum Gasteiger partial charge on any atom is -0.497 e. The molecule has 6 heteroatoms. The number of rotatable bonds is 6. The summed E-state index contributed by atoms with van der Waals surface area (Å²) in [5, 5.41) is 6.39. The van der Waals surface area contributed by atoms with Crippen LogP contribution in [-0.4, -0.2) is 35.7 Å². The molecule has 0 spiro atoms. The van der Waals surface area contributed by atoms with Crippen LogP contribution in [0.3, 0.4) is 0 Å². The molecule has 0 radical (unpaired) electrons. The van der Waals surface area contributed by atoms with Gasteiger partial charge in [-0.05, 0) is 36.7 Å². The highest BCUT2D eigenvalue weighted by molar-refractivity contribution is 5.79. The summed E-state index contributed by atoms with van der Waals surface area (Å²) in [4.78, 5) is 17.1. The second-order valence-electron chi connectivity index (χ2n) is 6.32. The molecule has 0 saturated carbocycles. The van der Waals surface area contributed by atoms with Gasteiger partial charge in [0, 0.05) is 25.4 Å². The average molecular weight is 328 g/mol. The normalized spacial score (nSPS) is 17.0. The Labute approximate surface area is 142 Å². The van der Waals surface area contributed by atoms with E-state index in [1.54, 1.807) is 13.3 Å². The van der Waals surface area contributed by atoms with Crippen molar-refractivity contribution in [2.75, 3.05) is 20.2 Å². The number of nitrogens with one attached hydrogen (secondary N) is 2. The monoisotopic (exact) mass is 328 g/mol. The maximum Gasteiger partial charge on any atom is 0.224 e. The average Bonchev–Trinajstić information content (AvgIpc) is 2.96. The molecule has 2 heterocycles. The van der Waals surface area contributed by atoms with Gasteiger partial charge in [0.25, 0.3) is 0 Å². The van der Waals surface area contributed by atoms with Crippen molar-refractivity contribution in [2.45, 2.75) is 13.0 Å². The SMILES string of the molecule is COc1ccc(C(NC(=O)C(C)C2CNC2)c2nccn2C)cc1. The van der Waals surface area contributed by atoms with Crippen molar-refractivity contribution in [3.8, 4) is 5.75 Å². The van der Waals surface area contributed by atoms with E-state index in [0.29, 0.717) is 5.92 Å². The molecule has 0 aliphatic carbocycles. The first-order valence-electron chi connectivity index (χ1n) is 8.22. The molecule has 1 amide bonds. The van der Waals surface area contributed by atoms with Crippen molar-refractivity contribution >= 4 is 5.91 Å². The smallest absolute Gasteiger partial charge is 0.224 e. The molecule has 1 saturated heterocycles. The highest BCUT2D eigenvalue weighted by atomic mass is 16.5. The Kier molecular flexibility index (Phi) is 4.85. The zero-order valence-corrected chi connectivity index (χ0v) is 14.3. The third-order valence-electron chi connectivity index (χ3n) is 4.79. The van der Waals surface area contributed by atoms with Gasteiger partial charge in [-0.25, -0.2) is 4.98 Å². The molecule has 2 atom stereocenters. The first-order chi connectivity index (χ1) is 11.6. The summed E-state index contributed by atoms with van der Waals surface area (Å²) < 4.78 is 7.16. The van der Waals surface area contributed by atoms with Gasteiger partial charge in [0.15, 0.2) is 0 Å². The van der Waals surface area contributed by atoms with Crippen LogP contribution in [0.5, 0.6) is 5.75 Å². The van der Waals surface area contributed by atoms with Crippen LogP contribution in [0.15, 0.2) is 36.7 Å². The predicted octanol–water partition coefficient (Wildman–Crippen LogP) is 1.49. The van der Waals surface area contributed by atoms with E-state index in [9.17, 15) is 4.79 Å². The zero-order chi connectivity index (χ0) is 17.1. The number of aromatic nitrogens is 2. The summed E-state index contributed by atoms with van der Waals surface area (Å²) in [5.41, 5.74) is 0.984. The van der Waals surface area contributed by atoms with Crippen LogP contribution in [0.2, 0.25) is 0 Å². The van der Waals surface area contributed by atoms with Crippen molar-refractivity contribution in [3.05, 3.63) is 48.0 Å². The number of hydrogen-bond acceptors (Lipinski definition) is 4. The molecule has 24 heavy (non-hydrogen) atoms. The molecule has 3 rings (SSSR count). The minimum absolute atomic E-state index is 0.0210. The number of amides is 1. The lowest BCUT2D eigenvalue weighted by Crippen LogP contribution is -2.50. The van der Waals surface area contributed by atoms with Crippen LogP contribution < -0.4 is 15.4 Å². The second-order valence-corrected chi connectivity index (χ2v) is 6.32. The summed E-state index contributed by atoms with van der Waals surface area (Å²) in [6, 6.07) is 7.45. The molecule has 1 aliphatic rings. The molecule has 1 aromatic carbocycles. The highest BCUT2D eigenvalue weighted by Crippen LogP contribution is 2.24. The molecular formula is C18H24N4O2. The third-order valence-corrected chi connectivity index (χ3v) is 4.79. The summed E-state index contributed by atoms with van der Waals surface area (Å²) >= 11 is 0. The van der Waals surface area contributed by atoms with E-state index >= 15 is 0 Å². The number of aryl methyl sites for hydroxylation is 1. The van der Waals surface area contributed by atoms with E-state index in [2.05, 4.69) is 15.6 Å². The number of carbonyl (C=O) groups is 1. The number of imidazole rings is 1. The summed E-state index contributed by atoms with van der Waals surface area (Å²) in [6.45, 7) is 3.80. The van der Waals surface area contributed by atoms with E-state index in [4.69, 9.17) is 4.74 Å². The van der Waals surface area contributed by atoms with Gasteiger partial charge in [-0.2, -0.15) is 0 Å². The van der Waals surface area contributed by atoms with Crippen LogP contribution in [0.4, 0.5) is 0 Å². The van der Waals surface area contributed by atoms with Crippen LogP contribution in [-0.2, 0) is 11.8 Å². The van der Waals surface area contributed by atoms with Crippen LogP contribution in [0.1, 0.15) is 24.4 Å². The van der Waals surface area contributed by atoms with E-state index < -0.39 is 0 Å². The Hall–Kier alpha value is -2.34.